The molecule has 124 valence electrons. The molecule has 0 radical (unpaired) electrons. The van der Waals surface area contributed by atoms with Crippen molar-refractivity contribution in [1.82, 2.24) is 0 Å². The van der Waals surface area contributed by atoms with E-state index in [1.165, 1.54) is 6.07 Å². The monoisotopic (exact) mass is 369 g/mol. The maximum Gasteiger partial charge on any atom is 0.573 e. The van der Waals surface area contributed by atoms with Gasteiger partial charge in [0.25, 0.3) is 10.0 Å². The first-order valence-corrected chi connectivity index (χ1v) is 7.77. The van der Waals surface area contributed by atoms with Crippen LogP contribution in [-0.4, -0.2) is 14.8 Å². The van der Waals surface area contributed by atoms with Crippen molar-refractivity contribution in [3.05, 3.63) is 53.3 Å². The first-order chi connectivity index (χ1) is 10.6. The van der Waals surface area contributed by atoms with Crippen LogP contribution in [0.25, 0.3) is 0 Å². The Morgan fingerprint density at radius 1 is 1.09 bits per heavy atom. The van der Waals surface area contributed by atoms with Crippen LogP contribution in [0.1, 0.15) is 0 Å². The van der Waals surface area contributed by atoms with Gasteiger partial charge in [0, 0.05) is 0 Å². The molecule has 0 heterocycles. The molecule has 23 heavy (non-hydrogen) atoms. The van der Waals surface area contributed by atoms with Gasteiger partial charge in [0.2, 0.25) is 0 Å². The highest BCUT2D eigenvalue weighted by Gasteiger charge is 2.32. The first-order valence-electron chi connectivity index (χ1n) is 5.90. The van der Waals surface area contributed by atoms with Crippen LogP contribution < -0.4 is 9.46 Å². The fourth-order valence-corrected chi connectivity index (χ4v) is 2.92. The second-order valence-electron chi connectivity index (χ2n) is 4.26. The standard InChI is InChI=1S/C13H8ClF4NO3S/c14-11-7-9(4-5-12(11)22-13(16,17)18)19-23(20,21)10-3-1-2-8(15)6-10/h1-7,19H. The second kappa shape index (κ2) is 6.25. The highest BCUT2D eigenvalue weighted by molar-refractivity contribution is 7.92. The molecule has 10 heteroatoms. The van der Waals surface area contributed by atoms with Crippen molar-refractivity contribution >= 4 is 27.3 Å². The maximum absolute atomic E-state index is 13.1. The molecule has 0 bridgehead atoms. The Morgan fingerprint density at radius 3 is 2.35 bits per heavy atom. The summed E-state index contributed by atoms with van der Waals surface area (Å²) in [6.45, 7) is 0. The number of sulfonamides is 1. The molecule has 2 aromatic rings. The van der Waals surface area contributed by atoms with Gasteiger partial charge in [0.1, 0.15) is 11.6 Å². The predicted octanol–water partition coefficient (Wildman–Crippen LogP) is 4.18. The minimum absolute atomic E-state index is 0.103. The van der Waals surface area contributed by atoms with Crippen LogP contribution in [0.5, 0.6) is 5.75 Å². The van der Waals surface area contributed by atoms with Crippen LogP contribution in [0, 0.1) is 5.82 Å². The summed E-state index contributed by atoms with van der Waals surface area (Å²) in [6.07, 6.45) is -4.92. The zero-order valence-electron chi connectivity index (χ0n) is 11.1. The Morgan fingerprint density at radius 2 is 1.78 bits per heavy atom. The third-order valence-corrected chi connectivity index (χ3v) is 4.19. The topological polar surface area (TPSA) is 55.4 Å². The van der Waals surface area contributed by atoms with Crippen LogP contribution in [0.3, 0.4) is 0 Å². The van der Waals surface area contributed by atoms with Crippen LogP contribution >= 0.6 is 11.6 Å². The molecule has 0 fully saturated rings. The highest BCUT2D eigenvalue weighted by atomic mass is 35.5. The molecule has 0 unspecified atom stereocenters. The molecule has 0 amide bonds. The van der Waals surface area contributed by atoms with E-state index in [4.69, 9.17) is 11.6 Å². The average molecular weight is 370 g/mol. The Bertz CT molecular complexity index is 824. The van der Waals surface area contributed by atoms with Crippen molar-refractivity contribution in [2.75, 3.05) is 4.72 Å². The van der Waals surface area contributed by atoms with Gasteiger partial charge in [-0.15, -0.1) is 13.2 Å². The zero-order chi connectivity index (χ0) is 17.3. The van der Waals surface area contributed by atoms with Crippen molar-refractivity contribution in [2.24, 2.45) is 0 Å². The minimum Gasteiger partial charge on any atom is -0.404 e. The fourth-order valence-electron chi connectivity index (χ4n) is 1.62. The molecule has 0 saturated carbocycles. The number of halogens is 5. The quantitative estimate of drug-likeness (QED) is 0.823. The number of alkyl halides is 3. The van der Waals surface area contributed by atoms with Gasteiger partial charge in [-0.2, -0.15) is 0 Å². The Kier molecular flexibility index (Phi) is 4.71. The van der Waals surface area contributed by atoms with Gasteiger partial charge < -0.3 is 4.74 Å². The first kappa shape index (κ1) is 17.4. The molecule has 2 rings (SSSR count). The third kappa shape index (κ3) is 4.73. The number of hydrogen-bond acceptors (Lipinski definition) is 3. The Hall–Kier alpha value is -2.00. The van der Waals surface area contributed by atoms with Crippen LogP contribution in [0.2, 0.25) is 5.02 Å². The van der Waals surface area contributed by atoms with Gasteiger partial charge in [-0.3, -0.25) is 4.72 Å². The second-order valence-corrected chi connectivity index (χ2v) is 6.35. The van der Waals surface area contributed by atoms with Crippen molar-refractivity contribution in [3.8, 4) is 5.75 Å². The normalized spacial score (nSPS) is 12.0. The van der Waals surface area contributed by atoms with E-state index in [0.29, 0.717) is 0 Å². The third-order valence-electron chi connectivity index (χ3n) is 2.52. The van der Waals surface area contributed by atoms with Crippen LogP contribution in [0.15, 0.2) is 47.4 Å². The van der Waals surface area contributed by atoms with Gasteiger partial charge in [-0.25, -0.2) is 12.8 Å². The summed E-state index contributed by atoms with van der Waals surface area (Å²) in [5.74, 6) is -1.42. The molecular formula is C13H8ClF4NO3S. The number of nitrogens with one attached hydrogen (secondary N) is 1. The van der Waals surface area contributed by atoms with Gasteiger partial charge in [-0.05, 0) is 36.4 Å². The van der Waals surface area contributed by atoms with Gasteiger partial charge in [0.15, 0.2) is 0 Å². The molecule has 0 aromatic heterocycles. The lowest BCUT2D eigenvalue weighted by atomic mass is 10.3. The number of hydrogen-bond donors (Lipinski definition) is 1. The minimum atomic E-state index is -4.92. The maximum atomic E-state index is 13.1. The van der Waals surface area contributed by atoms with E-state index in [0.717, 1.165) is 36.4 Å². The van der Waals surface area contributed by atoms with Crippen molar-refractivity contribution in [1.29, 1.82) is 0 Å². The number of anilines is 1. The van der Waals surface area contributed by atoms with Gasteiger partial charge >= 0.3 is 6.36 Å². The van der Waals surface area contributed by atoms with Crippen molar-refractivity contribution in [2.45, 2.75) is 11.3 Å². The molecule has 1 N–H and O–H groups in total. The lowest BCUT2D eigenvalue weighted by Crippen LogP contribution is -2.17. The summed E-state index contributed by atoms with van der Waals surface area (Å²) in [5.41, 5.74) is -0.103. The van der Waals surface area contributed by atoms with Crippen LogP contribution in [0.4, 0.5) is 23.2 Å². The summed E-state index contributed by atoms with van der Waals surface area (Å²) >= 11 is 5.62. The Labute approximate surface area is 133 Å². The van der Waals surface area contributed by atoms with Gasteiger partial charge in [-0.1, -0.05) is 17.7 Å². The summed E-state index contributed by atoms with van der Waals surface area (Å²) in [5, 5.41) is -0.443. The van der Waals surface area contributed by atoms with E-state index in [-0.39, 0.29) is 10.6 Å². The Balaban J connectivity index is 2.25. The summed E-state index contributed by atoms with van der Waals surface area (Å²) in [7, 11) is -4.11. The number of rotatable bonds is 4. The fraction of sp³-hybridized carbons (Fsp3) is 0.0769. The summed E-state index contributed by atoms with van der Waals surface area (Å²) in [6, 6.07) is 7.07. The molecule has 2 aromatic carbocycles. The molecule has 4 nitrogen and oxygen atoms in total. The molecule has 0 aliphatic rings. The van der Waals surface area contributed by atoms with E-state index in [9.17, 15) is 26.0 Å². The lowest BCUT2D eigenvalue weighted by Gasteiger charge is -2.12. The van der Waals surface area contributed by atoms with E-state index in [2.05, 4.69) is 9.46 Å². The predicted molar refractivity (Wildman–Crippen MR) is 75.3 cm³/mol. The van der Waals surface area contributed by atoms with Gasteiger partial charge in [0.05, 0.1) is 15.6 Å². The van der Waals surface area contributed by atoms with Crippen molar-refractivity contribution in [3.63, 3.8) is 0 Å². The molecular weight excluding hydrogens is 362 g/mol. The number of benzene rings is 2. The highest BCUT2D eigenvalue weighted by Crippen LogP contribution is 2.32. The molecule has 0 aliphatic heterocycles. The molecule has 0 atom stereocenters. The molecule has 0 aliphatic carbocycles. The van der Waals surface area contributed by atoms with E-state index < -0.39 is 33.0 Å². The zero-order valence-corrected chi connectivity index (χ0v) is 12.6. The molecule has 0 spiro atoms. The lowest BCUT2D eigenvalue weighted by molar-refractivity contribution is -0.274. The largest absolute Gasteiger partial charge is 0.573 e. The average Bonchev–Trinajstić information content (AvgIpc) is 2.40. The van der Waals surface area contributed by atoms with E-state index in [1.54, 1.807) is 0 Å². The van der Waals surface area contributed by atoms with E-state index in [1.807, 2.05) is 0 Å². The SMILES string of the molecule is O=S(=O)(Nc1ccc(OC(F)(F)F)c(Cl)c1)c1cccc(F)c1. The van der Waals surface area contributed by atoms with E-state index >= 15 is 0 Å². The number of ether oxygens (including phenoxy) is 1. The summed E-state index contributed by atoms with van der Waals surface area (Å²) in [4.78, 5) is -0.343. The smallest absolute Gasteiger partial charge is 0.404 e. The van der Waals surface area contributed by atoms with Crippen LogP contribution in [-0.2, 0) is 10.0 Å². The summed E-state index contributed by atoms with van der Waals surface area (Å²) < 4.78 is 79.3. The molecule has 0 saturated heterocycles. The van der Waals surface area contributed by atoms with Crippen molar-refractivity contribution < 1.29 is 30.7 Å².